The number of carbonyl (C=O) groups excluding carboxylic acids is 2. The van der Waals surface area contributed by atoms with Crippen LogP contribution in [0.25, 0.3) is 0 Å². The summed E-state index contributed by atoms with van der Waals surface area (Å²) < 4.78 is 11.1. The molecule has 2 aromatic heterocycles. The molecule has 2 atom stereocenters. The number of morpholine rings is 1. The van der Waals surface area contributed by atoms with Gasteiger partial charge in [0.05, 0.1) is 25.1 Å². The number of pyridine rings is 2. The van der Waals surface area contributed by atoms with E-state index in [1.807, 2.05) is 29.2 Å². The molecule has 1 saturated carbocycles. The molecule has 214 valence electrons. The summed E-state index contributed by atoms with van der Waals surface area (Å²) in [5.74, 6) is 2.20. The molecule has 3 aliphatic rings. The van der Waals surface area contributed by atoms with Crippen LogP contribution in [-0.4, -0.2) is 72.8 Å². The third-order valence-electron chi connectivity index (χ3n) is 8.48. The fourth-order valence-electron chi connectivity index (χ4n) is 5.95. The lowest BCUT2D eigenvalue weighted by Crippen LogP contribution is -2.39. The van der Waals surface area contributed by atoms with Crippen LogP contribution in [0.1, 0.15) is 36.7 Å². The van der Waals surface area contributed by atoms with E-state index in [0.29, 0.717) is 50.4 Å². The Labute approximate surface area is 241 Å². The number of anilines is 2. The minimum absolute atomic E-state index is 0.0476. The third kappa shape index (κ3) is 5.91. The zero-order chi connectivity index (χ0) is 28.6. The minimum atomic E-state index is -0.485. The molecule has 41 heavy (non-hydrogen) atoms. The predicted molar refractivity (Wildman–Crippen MR) is 156 cm³/mol. The molecule has 9 nitrogen and oxygen atoms in total. The maximum Gasteiger partial charge on any atom is 0.421 e. The summed E-state index contributed by atoms with van der Waals surface area (Å²) in [4.78, 5) is 41.2. The molecule has 9 heteroatoms. The van der Waals surface area contributed by atoms with Crippen molar-refractivity contribution in [3.8, 4) is 5.88 Å². The topological polar surface area (TPSA) is 88.1 Å². The smallest absolute Gasteiger partial charge is 0.391 e. The van der Waals surface area contributed by atoms with Crippen molar-refractivity contribution in [2.75, 3.05) is 55.7 Å². The first kappa shape index (κ1) is 27.2. The number of hydrogen-bond acceptors (Lipinski definition) is 7. The van der Waals surface area contributed by atoms with Crippen molar-refractivity contribution < 1.29 is 19.1 Å². The van der Waals surface area contributed by atoms with Gasteiger partial charge >= 0.3 is 6.09 Å². The van der Waals surface area contributed by atoms with Gasteiger partial charge in [0.2, 0.25) is 5.88 Å². The molecule has 4 heterocycles. The third-order valence-corrected chi connectivity index (χ3v) is 8.48. The average molecular weight is 556 g/mol. The maximum atomic E-state index is 13.4. The molecule has 0 spiro atoms. The maximum absolute atomic E-state index is 13.4. The molecule has 2 amide bonds. The molecule has 6 rings (SSSR count). The molecule has 2 saturated heterocycles. The number of nitrogens with zero attached hydrogens (tertiary/aromatic N) is 5. The summed E-state index contributed by atoms with van der Waals surface area (Å²) in [6.45, 7) is 11.3. The van der Waals surface area contributed by atoms with E-state index in [1.165, 1.54) is 5.56 Å². The van der Waals surface area contributed by atoms with Crippen LogP contribution >= 0.6 is 0 Å². The molecule has 0 N–H and O–H groups in total. The van der Waals surface area contributed by atoms with Crippen LogP contribution in [0.15, 0.2) is 67.0 Å². The fourth-order valence-corrected chi connectivity index (χ4v) is 5.95. The predicted octanol–water partition coefficient (Wildman–Crippen LogP) is 4.63. The molecule has 1 aliphatic carbocycles. The van der Waals surface area contributed by atoms with Crippen LogP contribution in [0.3, 0.4) is 0 Å². The number of carbonyl (C=O) groups is 2. The molecule has 0 radical (unpaired) electrons. The van der Waals surface area contributed by atoms with Gasteiger partial charge in [-0.3, -0.25) is 9.69 Å². The number of piperidine rings is 1. The van der Waals surface area contributed by atoms with Gasteiger partial charge in [0.1, 0.15) is 5.82 Å². The highest BCUT2D eigenvalue weighted by Gasteiger charge is 2.57. The van der Waals surface area contributed by atoms with Crippen molar-refractivity contribution in [1.29, 1.82) is 0 Å². The van der Waals surface area contributed by atoms with Crippen molar-refractivity contribution in [2.24, 2.45) is 17.8 Å². The van der Waals surface area contributed by atoms with E-state index in [1.54, 1.807) is 35.5 Å². The Kier molecular flexibility index (Phi) is 7.38. The van der Waals surface area contributed by atoms with Gasteiger partial charge in [-0.25, -0.2) is 14.8 Å². The van der Waals surface area contributed by atoms with Gasteiger partial charge in [0.15, 0.2) is 0 Å². The lowest BCUT2D eigenvalue weighted by Gasteiger charge is -2.28. The van der Waals surface area contributed by atoms with Gasteiger partial charge in [0.25, 0.3) is 5.91 Å². The van der Waals surface area contributed by atoms with E-state index in [2.05, 4.69) is 47.8 Å². The van der Waals surface area contributed by atoms with Crippen LogP contribution in [-0.2, 0) is 10.2 Å². The second kappa shape index (κ2) is 11.1. The summed E-state index contributed by atoms with van der Waals surface area (Å²) in [6, 6.07) is 17.1. The molecular formula is C32H37N5O4. The Morgan fingerprint density at radius 1 is 0.976 bits per heavy atom. The van der Waals surface area contributed by atoms with E-state index < -0.39 is 6.09 Å². The lowest BCUT2D eigenvalue weighted by molar-refractivity contribution is 0.0768. The van der Waals surface area contributed by atoms with E-state index in [0.717, 1.165) is 24.5 Å². The summed E-state index contributed by atoms with van der Waals surface area (Å²) >= 11 is 0. The van der Waals surface area contributed by atoms with E-state index in [4.69, 9.17) is 9.47 Å². The van der Waals surface area contributed by atoms with Gasteiger partial charge < -0.3 is 19.3 Å². The molecule has 0 bridgehead atoms. The summed E-state index contributed by atoms with van der Waals surface area (Å²) in [7, 11) is 0. The normalized spacial score (nSPS) is 21.8. The van der Waals surface area contributed by atoms with Crippen molar-refractivity contribution in [2.45, 2.75) is 26.2 Å². The number of likely N-dealkylation sites (tertiary alicyclic amines) is 1. The Bertz CT molecular complexity index is 1360. The van der Waals surface area contributed by atoms with Crippen LogP contribution in [0, 0.1) is 17.8 Å². The summed E-state index contributed by atoms with van der Waals surface area (Å²) in [5.41, 5.74) is 2.66. The number of aromatic nitrogens is 2. The number of benzene rings is 1. The van der Waals surface area contributed by atoms with Crippen LogP contribution < -0.4 is 14.5 Å². The Morgan fingerprint density at radius 3 is 2.32 bits per heavy atom. The van der Waals surface area contributed by atoms with Gasteiger partial charge in [-0.2, -0.15) is 0 Å². The number of fused-ring (bicyclic) bond motifs is 1. The Morgan fingerprint density at radius 2 is 1.71 bits per heavy atom. The summed E-state index contributed by atoms with van der Waals surface area (Å²) in [5, 5.41) is 0. The van der Waals surface area contributed by atoms with Crippen molar-refractivity contribution in [1.82, 2.24) is 14.9 Å². The van der Waals surface area contributed by atoms with Crippen LogP contribution in [0.5, 0.6) is 5.88 Å². The standard InChI is InChI=1S/C32H37N5O4/c1-32(2,3)23-9-7-22(8-10-23)30(38)36-19-25-26(20-36)27(25)21-37(31(39)41-29-6-4-5-13-33-29)24-11-12-28(34-18-24)35-14-16-40-17-15-35/h4-13,18,25-27H,14-17,19-21H2,1-3H3. The molecule has 2 unspecified atom stereocenters. The molecular weight excluding hydrogens is 518 g/mol. The fraction of sp³-hybridized carbons (Fsp3) is 0.438. The second-order valence-corrected chi connectivity index (χ2v) is 12.1. The van der Waals surface area contributed by atoms with E-state index >= 15 is 0 Å². The van der Waals surface area contributed by atoms with Crippen molar-refractivity contribution in [3.63, 3.8) is 0 Å². The lowest BCUT2D eigenvalue weighted by atomic mass is 9.86. The largest absolute Gasteiger partial charge is 0.421 e. The van der Waals surface area contributed by atoms with Crippen molar-refractivity contribution in [3.05, 3.63) is 78.1 Å². The second-order valence-electron chi connectivity index (χ2n) is 12.1. The number of rotatable bonds is 6. The van der Waals surface area contributed by atoms with Crippen LogP contribution in [0.2, 0.25) is 0 Å². The molecule has 2 aliphatic heterocycles. The number of hydrogen-bond donors (Lipinski definition) is 0. The van der Waals surface area contributed by atoms with Gasteiger partial charge in [-0.1, -0.05) is 39.0 Å². The first-order valence-electron chi connectivity index (χ1n) is 14.4. The first-order valence-corrected chi connectivity index (χ1v) is 14.4. The minimum Gasteiger partial charge on any atom is -0.391 e. The number of ether oxygens (including phenoxy) is 2. The highest BCUT2D eigenvalue weighted by atomic mass is 16.6. The zero-order valence-corrected chi connectivity index (χ0v) is 23.9. The highest BCUT2D eigenvalue weighted by Crippen LogP contribution is 2.52. The van der Waals surface area contributed by atoms with Crippen molar-refractivity contribution >= 4 is 23.5 Å². The van der Waals surface area contributed by atoms with Crippen LogP contribution in [0.4, 0.5) is 16.3 Å². The summed E-state index contributed by atoms with van der Waals surface area (Å²) in [6.07, 6.45) is 2.85. The van der Waals surface area contributed by atoms with Gasteiger partial charge in [-0.05, 0) is 59.1 Å². The van der Waals surface area contributed by atoms with E-state index in [-0.39, 0.29) is 23.1 Å². The van der Waals surface area contributed by atoms with Gasteiger partial charge in [0, 0.05) is 50.6 Å². The number of amides is 2. The average Bonchev–Trinajstić information content (AvgIpc) is 3.42. The van der Waals surface area contributed by atoms with E-state index in [9.17, 15) is 9.59 Å². The Hall–Kier alpha value is -3.98. The molecule has 3 fully saturated rings. The van der Waals surface area contributed by atoms with Gasteiger partial charge in [-0.15, -0.1) is 0 Å². The Balaban J connectivity index is 1.12. The SMILES string of the molecule is CC(C)(C)c1ccc(C(=O)N2CC3C(C2)C3CN(C(=O)Oc2ccccn2)c2ccc(N3CCOCC3)nc2)cc1. The zero-order valence-electron chi connectivity index (χ0n) is 23.9. The quantitative estimate of drug-likeness (QED) is 0.438. The molecule has 3 aromatic rings. The molecule has 1 aromatic carbocycles. The highest BCUT2D eigenvalue weighted by molar-refractivity contribution is 5.94. The monoisotopic (exact) mass is 555 g/mol. The first-order chi connectivity index (χ1) is 19.8.